The monoisotopic (exact) mass is 311 g/mol. The summed E-state index contributed by atoms with van der Waals surface area (Å²) < 4.78 is 4.61. The van der Waals surface area contributed by atoms with Crippen LogP contribution in [0.5, 0.6) is 0 Å². The van der Waals surface area contributed by atoms with Gasteiger partial charge in [-0.1, -0.05) is 0 Å². The number of rotatable bonds is 5. The molecule has 2 aromatic heterocycles. The molecule has 7 heteroatoms. The lowest BCUT2D eigenvalue weighted by Crippen LogP contribution is -2.05. The van der Waals surface area contributed by atoms with Crippen LogP contribution in [0.15, 0.2) is 0 Å². The zero-order valence-electron chi connectivity index (χ0n) is 11.9. The molecule has 0 atom stereocenters. The van der Waals surface area contributed by atoms with Crippen LogP contribution in [0.2, 0.25) is 0 Å². The van der Waals surface area contributed by atoms with Gasteiger partial charge in [-0.2, -0.15) is 0 Å². The number of hydrogen-bond acceptors (Lipinski definition) is 7. The molecule has 0 amide bonds. The number of esters is 1. The van der Waals surface area contributed by atoms with E-state index in [4.69, 9.17) is 0 Å². The van der Waals surface area contributed by atoms with Crippen molar-refractivity contribution >= 4 is 45.1 Å². The lowest BCUT2D eigenvalue weighted by molar-refractivity contribution is -0.137. The molecule has 0 saturated heterocycles. The minimum absolute atomic E-state index is 0.229. The maximum atomic E-state index is 11.1. The second kappa shape index (κ2) is 6.41. The summed E-state index contributed by atoms with van der Waals surface area (Å²) in [5.74, 6) is 2.26. The third-order valence-corrected chi connectivity index (χ3v) is 4.99. The third-order valence-electron chi connectivity index (χ3n) is 2.99. The van der Waals surface area contributed by atoms with Crippen molar-refractivity contribution in [1.82, 2.24) is 9.97 Å². The number of nitrogens with one attached hydrogen (secondary N) is 1. The van der Waals surface area contributed by atoms with Gasteiger partial charge in [0.2, 0.25) is 0 Å². The first-order valence-corrected chi connectivity index (χ1v) is 8.12. The quantitative estimate of drug-likeness (QED) is 0.857. The average molecular weight is 311 g/mol. The molecule has 20 heavy (non-hydrogen) atoms. The number of ether oxygens (including phenoxy) is 1. The molecule has 0 aliphatic heterocycles. The lowest BCUT2D eigenvalue weighted by Gasteiger charge is -2.06. The average Bonchev–Trinajstić information content (AvgIpc) is 2.73. The fraction of sp³-hybridized carbons (Fsp3) is 0.462. The van der Waals surface area contributed by atoms with Crippen LogP contribution in [-0.4, -0.2) is 35.8 Å². The van der Waals surface area contributed by atoms with Gasteiger partial charge in [-0.3, -0.25) is 4.79 Å². The third kappa shape index (κ3) is 3.04. The van der Waals surface area contributed by atoms with Crippen LogP contribution < -0.4 is 5.32 Å². The van der Waals surface area contributed by atoms with Gasteiger partial charge in [-0.25, -0.2) is 9.97 Å². The normalized spacial score (nSPS) is 10.8. The van der Waals surface area contributed by atoms with Gasteiger partial charge in [0.1, 0.15) is 16.5 Å². The highest BCUT2D eigenvalue weighted by atomic mass is 32.2. The van der Waals surface area contributed by atoms with E-state index >= 15 is 0 Å². The van der Waals surface area contributed by atoms with Gasteiger partial charge in [-0.15, -0.1) is 23.1 Å². The zero-order valence-corrected chi connectivity index (χ0v) is 13.6. The highest BCUT2D eigenvalue weighted by Crippen LogP contribution is 2.33. The van der Waals surface area contributed by atoms with Crippen LogP contribution in [0.3, 0.4) is 0 Å². The minimum atomic E-state index is -0.229. The molecule has 0 radical (unpaired) electrons. The molecule has 0 aliphatic rings. The fourth-order valence-electron chi connectivity index (χ4n) is 1.82. The molecule has 0 aromatic carbocycles. The fourth-order valence-corrected chi connectivity index (χ4v) is 3.57. The van der Waals surface area contributed by atoms with Crippen molar-refractivity contribution in [2.75, 3.05) is 25.2 Å². The predicted molar refractivity (Wildman–Crippen MR) is 84.6 cm³/mol. The molecule has 0 aliphatic carbocycles. The van der Waals surface area contributed by atoms with E-state index in [1.54, 1.807) is 11.3 Å². The number of anilines is 1. The molecular formula is C13H17N3O2S2. The maximum Gasteiger partial charge on any atom is 0.315 e. The van der Waals surface area contributed by atoms with E-state index in [0.29, 0.717) is 11.5 Å². The Morgan fingerprint density at radius 2 is 2.15 bits per heavy atom. The highest BCUT2D eigenvalue weighted by Gasteiger charge is 2.14. The number of carbonyl (C=O) groups is 1. The summed E-state index contributed by atoms with van der Waals surface area (Å²) in [6.45, 7) is 4.18. The minimum Gasteiger partial charge on any atom is -0.468 e. The molecule has 1 N–H and O–H groups in total. The van der Waals surface area contributed by atoms with E-state index in [2.05, 4.69) is 33.9 Å². The summed E-state index contributed by atoms with van der Waals surface area (Å²) in [7, 11) is 3.25. The van der Waals surface area contributed by atoms with E-state index in [1.165, 1.54) is 29.3 Å². The number of nitrogens with zero attached hydrogens (tertiary/aromatic N) is 2. The molecule has 0 spiro atoms. The Morgan fingerprint density at radius 1 is 1.40 bits per heavy atom. The second-order valence-corrected chi connectivity index (χ2v) is 6.46. The van der Waals surface area contributed by atoms with Gasteiger partial charge in [0.25, 0.3) is 0 Å². The van der Waals surface area contributed by atoms with Crippen LogP contribution in [0.4, 0.5) is 5.82 Å². The molecule has 2 aromatic rings. The van der Waals surface area contributed by atoms with Crippen LogP contribution in [0.1, 0.15) is 16.3 Å². The first-order chi connectivity index (χ1) is 9.56. The number of thiophene rings is 1. The smallest absolute Gasteiger partial charge is 0.315 e. The number of aromatic nitrogens is 2. The summed E-state index contributed by atoms with van der Waals surface area (Å²) in [5, 5.41) is 4.22. The number of thioether (sulfide) groups is 1. The molecule has 108 valence electrons. The van der Waals surface area contributed by atoms with E-state index in [0.717, 1.165) is 21.9 Å². The maximum absolute atomic E-state index is 11.1. The summed E-state index contributed by atoms with van der Waals surface area (Å²) in [4.78, 5) is 22.4. The summed E-state index contributed by atoms with van der Waals surface area (Å²) >= 11 is 3.13. The standard InChI is InChI=1S/C13H17N3O2S2/c1-7-8(2)20-13-11(7)12(14-3)15-9(16-13)5-19-6-10(17)18-4/h5-6H2,1-4H3,(H,14,15,16). The first-order valence-electron chi connectivity index (χ1n) is 6.15. The van der Waals surface area contributed by atoms with Gasteiger partial charge in [0.15, 0.2) is 0 Å². The van der Waals surface area contributed by atoms with E-state index in [9.17, 15) is 4.79 Å². The molecular weight excluding hydrogens is 294 g/mol. The van der Waals surface area contributed by atoms with Crippen molar-refractivity contribution in [1.29, 1.82) is 0 Å². The number of carbonyl (C=O) groups excluding carboxylic acids is 1. The van der Waals surface area contributed by atoms with Crippen molar-refractivity contribution in [3.8, 4) is 0 Å². The first kappa shape index (κ1) is 15.1. The Balaban J connectivity index is 2.25. The van der Waals surface area contributed by atoms with Crippen molar-refractivity contribution in [3.63, 3.8) is 0 Å². The molecule has 0 unspecified atom stereocenters. The van der Waals surface area contributed by atoms with Crippen LogP contribution in [0, 0.1) is 13.8 Å². The lowest BCUT2D eigenvalue weighted by atomic mass is 10.2. The SMILES string of the molecule is CNc1nc(CSCC(=O)OC)nc2sc(C)c(C)c12. The van der Waals surface area contributed by atoms with Gasteiger partial charge >= 0.3 is 5.97 Å². The number of methoxy groups -OCH3 is 1. The summed E-state index contributed by atoms with van der Waals surface area (Å²) in [6, 6.07) is 0. The molecule has 5 nitrogen and oxygen atoms in total. The van der Waals surface area contributed by atoms with Crippen LogP contribution in [0.25, 0.3) is 10.2 Å². The van der Waals surface area contributed by atoms with Gasteiger partial charge in [0, 0.05) is 11.9 Å². The Kier molecular flexibility index (Phi) is 4.82. The molecule has 2 heterocycles. The van der Waals surface area contributed by atoms with Gasteiger partial charge in [-0.05, 0) is 19.4 Å². The van der Waals surface area contributed by atoms with Crippen LogP contribution >= 0.6 is 23.1 Å². The Labute approximate surface area is 126 Å². The zero-order chi connectivity index (χ0) is 14.7. The summed E-state index contributed by atoms with van der Waals surface area (Å²) in [5.41, 5.74) is 1.23. The van der Waals surface area contributed by atoms with Crippen molar-refractivity contribution in [2.45, 2.75) is 19.6 Å². The molecule has 0 fully saturated rings. The molecule has 0 bridgehead atoms. The number of hydrogen-bond donors (Lipinski definition) is 1. The van der Waals surface area contributed by atoms with Gasteiger partial charge < -0.3 is 10.1 Å². The predicted octanol–water partition coefficient (Wildman–Crippen LogP) is 2.76. The van der Waals surface area contributed by atoms with E-state index < -0.39 is 0 Å². The van der Waals surface area contributed by atoms with Crippen molar-refractivity contribution < 1.29 is 9.53 Å². The van der Waals surface area contributed by atoms with Crippen molar-refractivity contribution in [2.24, 2.45) is 0 Å². The van der Waals surface area contributed by atoms with Crippen LogP contribution in [-0.2, 0) is 15.3 Å². The highest BCUT2D eigenvalue weighted by molar-refractivity contribution is 7.99. The largest absolute Gasteiger partial charge is 0.468 e. The Hall–Kier alpha value is -1.34. The van der Waals surface area contributed by atoms with E-state index in [-0.39, 0.29) is 5.97 Å². The Bertz CT molecular complexity index is 640. The Morgan fingerprint density at radius 3 is 2.80 bits per heavy atom. The number of fused-ring (bicyclic) bond motifs is 1. The topological polar surface area (TPSA) is 64.1 Å². The molecule has 0 saturated carbocycles. The van der Waals surface area contributed by atoms with E-state index in [1.807, 2.05) is 7.05 Å². The van der Waals surface area contributed by atoms with Crippen molar-refractivity contribution in [3.05, 3.63) is 16.3 Å². The molecule has 2 rings (SSSR count). The second-order valence-electron chi connectivity index (χ2n) is 4.27. The number of aryl methyl sites for hydroxylation is 2. The summed E-state index contributed by atoms with van der Waals surface area (Å²) in [6.07, 6.45) is 0. The van der Waals surface area contributed by atoms with Gasteiger partial charge in [0.05, 0.1) is 24.0 Å².